The summed E-state index contributed by atoms with van der Waals surface area (Å²) in [5.41, 5.74) is 2.17. The summed E-state index contributed by atoms with van der Waals surface area (Å²) in [6, 6.07) is 20.0. The summed E-state index contributed by atoms with van der Waals surface area (Å²) in [5.74, 6) is 2.15. The van der Waals surface area contributed by atoms with Crippen LogP contribution < -0.4 is 25.3 Å². The van der Waals surface area contributed by atoms with Crippen molar-refractivity contribution in [2.75, 3.05) is 72.5 Å². The Hall–Kier alpha value is -3.50. The number of benzene rings is 2. The van der Waals surface area contributed by atoms with Crippen molar-refractivity contribution in [2.45, 2.75) is 50.5 Å². The molecule has 0 amide bonds. The maximum atomic E-state index is 13.7. The standard InChI is InChI=1S/C33H42FN7OS/c1-25-7-5-6-16-41(25)30-23-29(40-19-17-39(18-20-40)28-8-3-2-4-9-28)36-31(37-30)38-32(43)35-24-33(14-21-42-22-15-33)26-10-12-27(34)13-11-26/h2-4,8-13,23,25H,5-7,14-22,24H2,1H3,(H2,35,36,37,38,43)/t25-/m0/s1. The molecule has 10 heteroatoms. The smallest absolute Gasteiger partial charge is 0.232 e. The van der Waals surface area contributed by atoms with Crippen molar-refractivity contribution >= 4 is 40.6 Å². The van der Waals surface area contributed by atoms with Crippen molar-refractivity contribution in [1.82, 2.24) is 15.3 Å². The molecular formula is C33H42FN7OS. The molecule has 8 nitrogen and oxygen atoms in total. The number of rotatable bonds is 7. The average Bonchev–Trinajstić information content (AvgIpc) is 3.05. The van der Waals surface area contributed by atoms with E-state index in [2.05, 4.69) is 68.7 Å². The van der Waals surface area contributed by atoms with Crippen molar-refractivity contribution in [2.24, 2.45) is 0 Å². The molecule has 0 aliphatic carbocycles. The minimum absolute atomic E-state index is 0.187. The van der Waals surface area contributed by atoms with Gasteiger partial charge >= 0.3 is 0 Å². The zero-order chi connectivity index (χ0) is 29.6. The van der Waals surface area contributed by atoms with E-state index in [1.807, 2.05) is 12.1 Å². The monoisotopic (exact) mass is 603 g/mol. The predicted molar refractivity (Wildman–Crippen MR) is 176 cm³/mol. The second-order valence-electron chi connectivity index (χ2n) is 12.0. The van der Waals surface area contributed by atoms with E-state index < -0.39 is 0 Å². The van der Waals surface area contributed by atoms with Crippen LogP contribution in [0.25, 0.3) is 0 Å². The Bertz CT molecular complexity index is 1360. The second-order valence-corrected chi connectivity index (χ2v) is 12.4. The van der Waals surface area contributed by atoms with Gasteiger partial charge in [0, 0.05) is 75.7 Å². The van der Waals surface area contributed by atoms with Crippen molar-refractivity contribution in [3.63, 3.8) is 0 Å². The van der Waals surface area contributed by atoms with Crippen LogP contribution in [0.4, 0.5) is 27.7 Å². The average molecular weight is 604 g/mol. The summed E-state index contributed by atoms with van der Waals surface area (Å²) in [6.45, 7) is 8.84. The van der Waals surface area contributed by atoms with Gasteiger partial charge in [-0.25, -0.2) is 4.39 Å². The molecule has 3 aromatic rings. The molecule has 2 N–H and O–H groups in total. The van der Waals surface area contributed by atoms with Crippen LogP contribution in [0.15, 0.2) is 60.7 Å². The molecule has 1 aromatic heterocycles. The van der Waals surface area contributed by atoms with Gasteiger partial charge in [0.05, 0.1) is 0 Å². The van der Waals surface area contributed by atoms with Crippen LogP contribution in [0.2, 0.25) is 0 Å². The number of nitrogens with zero attached hydrogens (tertiary/aromatic N) is 5. The predicted octanol–water partition coefficient (Wildman–Crippen LogP) is 5.36. The first-order valence-electron chi connectivity index (χ1n) is 15.6. The Morgan fingerprint density at radius 2 is 1.63 bits per heavy atom. The molecule has 0 spiro atoms. The molecule has 6 rings (SSSR count). The highest BCUT2D eigenvalue weighted by Crippen LogP contribution is 2.34. The van der Waals surface area contributed by atoms with Gasteiger partial charge in [0.2, 0.25) is 5.95 Å². The number of nitrogens with one attached hydrogen (secondary N) is 2. The highest BCUT2D eigenvalue weighted by atomic mass is 32.1. The summed E-state index contributed by atoms with van der Waals surface area (Å²) < 4.78 is 19.4. The van der Waals surface area contributed by atoms with E-state index in [0.717, 1.165) is 75.6 Å². The topological polar surface area (TPSA) is 68.8 Å². The quantitative estimate of drug-likeness (QED) is 0.348. The fourth-order valence-electron chi connectivity index (χ4n) is 6.59. The van der Waals surface area contributed by atoms with Gasteiger partial charge in [0.25, 0.3) is 0 Å². The fourth-order valence-corrected chi connectivity index (χ4v) is 6.75. The molecular weight excluding hydrogens is 561 g/mol. The molecule has 3 aliphatic rings. The van der Waals surface area contributed by atoms with Gasteiger partial charge in [0.1, 0.15) is 17.5 Å². The van der Waals surface area contributed by atoms with Gasteiger partial charge in [-0.1, -0.05) is 30.3 Å². The largest absolute Gasteiger partial charge is 0.381 e. The molecule has 4 heterocycles. The van der Waals surface area contributed by atoms with Crippen molar-refractivity contribution < 1.29 is 9.13 Å². The van der Waals surface area contributed by atoms with Crippen molar-refractivity contribution in [3.8, 4) is 0 Å². The number of piperidine rings is 1. The number of halogens is 1. The highest BCUT2D eigenvalue weighted by Gasteiger charge is 2.35. The maximum absolute atomic E-state index is 13.7. The summed E-state index contributed by atoms with van der Waals surface area (Å²) in [4.78, 5) is 17.1. The van der Waals surface area contributed by atoms with Crippen LogP contribution in [0.1, 0.15) is 44.6 Å². The number of hydrogen-bond acceptors (Lipinski definition) is 7. The zero-order valence-corrected chi connectivity index (χ0v) is 25.8. The Balaban J connectivity index is 1.18. The van der Waals surface area contributed by atoms with E-state index in [9.17, 15) is 4.39 Å². The summed E-state index contributed by atoms with van der Waals surface area (Å²) in [5, 5.41) is 7.24. The van der Waals surface area contributed by atoms with Crippen molar-refractivity contribution in [1.29, 1.82) is 0 Å². The van der Waals surface area contributed by atoms with E-state index in [1.54, 1.807) is 0 Å². The molecule has 3 fully saturated rings. The second kappa shape index (κ2) is 13.4. The number of aromatic nitrogens is 2. The van der Waals surface area contributed by atoms with Gasteiger partial charge in [-0.15, -0.1) is 0 Å². The third-order valence-electron chi connectivity index (χ3n) is 9.24. The van der Waals surface area contributed by atoms with E-state index in [-0.39, 0.29) is 11.2 Å². The molecule has 228 valence electrons. The van der Waals surface area contributed by atoms with Crippen LogP contribution in [-0.2, 0) is 10.2 Å². The lowest BCUT2D eigenvalue weighted by molar-refractivity contribution is 0.0515. The van der Waals surface area contributed by atoms with Gasteiger partial charge in [0.15, 0.2) is 5.11 Å². The van der Waals surface area contributed by atoms with Gasteiger partial charge < -0.3 is 30.1 Å². The molecule has 0 unspecified atom stereocenters. The van der Waals surface area contributed by atoms with Crippen LogP contribution in [-0.4, -0.2) is 73.6 Å². The van der Waals surface area contributed by atoms with Crippen LogP contribution >= 0.6 is 12.2 Å². The summed E-state index contributed by atoms with van der Waals surface area (Å²) >= 11 is 5.79. The number of ether oxygens (including phenoxy) is 1. The first-order chi connectivity index (χ1) is 21.0. The first kappa shape index (κ1) is 29.6. The van der Waals surface area contributed by atoms with Gasteiger partial charge in [-0.3, -0.25) is 0 Å². The molecule has 0 bridgehead atoms. The minimum atomic E-state index is -0.228. The molecule has 0 saturated carbocycles. The Kier molecular flexibility index (Phi) is 9.23. The SMILES string of the molecule is C[C@H]1CCCCN1c1cc(N2CCN(c3ccccc3)CC2)nc(NC(=S)NCC2(c3ccc(F)cc3)CCOCC2)n1. The number of anilines is 4. The van der Waals surface area contributed by atoms with E-state index in [1.165, 1.54) is 24.2 Å². The third kappa shape index (κ3) is 7.02. The molecule has 0 radical (unpaired) electrons. The molecule has 3 aliphatic heterocycles. The maximum Gasteiger partial charge on any atom is 0.232 e. The van der Waals surface area contributed by atoms with Crippen LogP contribution in [0.5, 0.6) is 0 Å². The van der Waals surface area contributed by atoms with Crippen LogP contribution in [0, 0.1) is 5.82 Å². The molecule has 2 aromatic carbocycles. The number of hydrogen-bond donors (Lipinski definition) is 2. The van der Waals surface area contributed by atoms with E-state index >= 15 is 0 Å². The number of piperazine rings is 1. The van der Waals surface area contributed by atoms with Gasteiger partial charge in [-0.05, 0) is 81.1 Å². The first-order valence-corrected chi connectivity index (χ1v) is 16.0. The third-order valence-corrected chi connectivity index (χ3v) is 9.49. The summed E-state index contributed by atoms with van der Waals surface area (Å²) in [6.07, 6.45) is 5.25. The van der Waals surface area contributed by atoms with E-state index in [0.29, 0.717) is 36.9 Å². The Labute approximate surface area is 259 Å². The van der Waals surface area contributed by atoms with Crippen LogP contribution in [0.3, 0.4) is 0 Å². The van der Waals surface area contributed by atoms with Crippen molar-refractivity contribution in [3.05, 3.63) is 72.0 Å². The fraction of sp³-hybridized carbons (Fsp3) is 0.485. The number of thiocarbonyl (C=S) groups is 1. The lowest BCUT2D eigenvalue weighted by Gasteiger charge is -2.38. The summed E-state index contributed by atoms with van der Waals surface area (Å²) in [7, 11) is 0. The Morgan fingerprint density at radius 1 is 0.930 bits per heavy atom. The minimum Gasteiger partial charge on any atom is -0.381 e. The number of para-hydroxylation sites is 1. The molecule has 43 heavy (non-hydrogen) atoms. The lowest BCUT2D eigenvalue weighted by Crippen LogP contribution is -2.47. The molecule has 1 atom stereocenters. The molecule has 3 saturated heterocycles. The zero-order valence-electron chi connectivity index (χ0n) is 25.0. The van der Waals surface area contributed by atoms with E-state index in [4.69, 9.17) is 26.9 Å². The highest BCUT2D eigenvalue weighted by molar-refractivity contribution is 7.80. The van der Waals surface area contributed by atoms with Gasteiger partial charge in [-0.2, -0.15) is 9.97 Å². The normalized spacial score (nSPS) is 20.5. The Morgan fingerprint density at radius 3 is 2.35 bits per heavy atom. The lowest BCUT2D eigenvalue weighted by atomic mass is 9.74.